The van der Waals surface area contributed by atoms with Crippen LogP contribution in [-0.4, -0.2) is 19.1 Å². The van der Waals surface area contributed by atoms with Crippen LogP contribution in [0.4, 0.5) is 19.0 Å². The minimum Gasteiger partial charge on any atom is -0.363 e. The number of pyridine rings is 1. The number of aromatic nitrogens is 1. The normalized spacial score (nSPS) is 10.5. The van der Waals surface area contributed by atoms with Crippen LogP contribution in [0.1, 0.15) is 25.0 Å². The van der Waals surface area contributed by atoms with Gasteiger partial charge in [-0.2, -0.15) is 13.2 Å². The van der Waals surface area contributed by atoms with Crippen molar-refractivity contribution in [2.24, 2.45) is 0 Å². The summed E-state index contributed by atoms with van der Waals surface area (Å²) in [6.45, 7) is 5.61. The molecule has 1 aromatic rings. The van der Waals surface area contributed by atoms with Gasteiger partial charge in [0.15, 0.2) is 0 Å². The Morgan fingerprint density at radius 1 is 1.19 bits per heavy atom. The van der Waals surface area contributed by atoms with E-state index in [2.05, 4.69) is 4.98 Å². The van der Waals surface area contributed by atoms with Crippen LogP contribution in [0, 0.1) is 6.92 Å². The topological polar surface area (TPSA) is 16.1 Å². The van der Waals surface area contributed by atoms with E-state index in [1.165, 1.54) is 0 Å². The third-order valence-corrected chi connectivity index (χ3v) is 1.80. The molecule has 0 aromatic carbocycles. The standard InChI is InChI=1S/C9H11F3N2.C2H6/c1-6-4-7(9(10,11)12)5-13-8(6)14(2)3;1-2/h4-5H,1-3H3;1-2H3. The number of hydrogen-bond donors (Lipinski definition) is 0. The molecule has 0 atom stereocenters. The van der Waals surface area contributed by atoms with Gasteiger partial charge in [0.25, 0.3) is 0 Å². The first-order valence-corrected chi connectivity index (χ1v) is 5.03. The first kappa shape index (κ1) is 14.7. The van der Waals surface area contributed by atoms with Crippen LogP contribution in [0.5, 0.6) is 0 Å². The third-order valence-electron chi connectivity index (χ3n) is 1.80. The van der Waals surface area contributed by atoms with E-state index in [9.17, 15) is 13.2 Å². The van der Waals surface area contributed by atoms with E-state index in [4.69, 9.17) is 0 Å². The fourth-order valence-electron chi connectivity index (χ4n) is 1.19. The first-order valence-electron chi connectivity index (χ1n) is 5.03. The summed E-state index contributed by atoms with van der Waals surface area (Å²) in [5.41, 5.74) is -0.189. The molecule has 0 aliphatic heterocycles. The van der Waals surface area contributed by atoms with Gasteiger partial charge in [0.1, 0.15) is 5.82 Å². The average Bonchev–Trinajstić information content (AvgIpc) is 2.18. The molecular formula is C11H17F3N2. The van der Waals surface area contributed by atoms with Crippen molar-refractivity contribution in [2.45, 2.75) is 26.9 Å². The highest BCUT2D eigenvalue weighted by molar-refractivity contribution is 5.46. The van der Waals surface area contributed by atoms with Crippen molar-refractivity contribution < 1.29 is 13.2 Å². The smallest absolute Gasteiger partial charge is 0.363 e. The molecular weight excluding hydrogens is 217 g/mol. The van der Waals surface area contributed by atoms with Gasteiger partial charge in [0, 0.05) is 20.3 Å². The van der Waals surface area contributed by atoms with Crippen LogP contribution in [0.25, 0.3) is 0 Å². The second-order valence-corrected chi connectivity index (χ2v) is 3.26. The zero-order chi connectivity index (χ0) is 12.9. The molecule has 5 heteroatoms. The zero-order valence-corrected chi connectivity index (χ0v) is 10.2. The Balaban J connectivity index is 0.00000106. The third kappa shape index (κ3) is 3.72. The first-order chi connectivity index (χ1) is 7.32. The summed E-state index contributed by atoms with van der Waals surface area (Å²) in [4.78, 5) is 5.43. The van der Waals surface area contributed by atoms with Crippen LogP contribution in [0.15, 0.2) is 12.3 Å². The molecule has 0 saturated carbocycles. The van der Waals surface area contributed by atoms with E-state index in [0.29, 0.717) is 11.4 Å². The van der Waals surface area contributed by atoms with Gasteiger partial charge in [-0.15, -0.1) is 0 Å². The van der Waals surface area contributed by atoms with Crippen molar-refractivity contribution in [3.8, 4) is 0 Å². The molecule has 1 aromatic heterocycles. The largest absolute Gasteiger partial charge is 0.417 e. The summed E-state index contributed by atoms with van der Waals surface area (Å²) in [7, 11) is 3.48. The predicted octanol–water partition coefficient (Wildman–Crippen LogP) is 3.50. The van der Waals surface area contributed by atoms with E-state index in [0.717, 1.165) is 12.3 Å². The van der Waals surface area contributed by atoms with Gasteiger partial charge in [0.05, 0.1) is 5.56 Å². The Morgan fingerprint density at radius 3 is 2.00 bits per heavy atom. The number of aryl methyl sites for hydroxylation is 1. The number of nitrogens with zero attached hydrogens (tertiary/aromatic N) is 2. The lowest BCUT2D eigenvalue weighted by Gasteiger charge is -2.15. The van der Waals surface area contributed by atoms with Gasteiger partial charge in [-0.25, -0.2) is 4.98 Å². The van der Waals surface area contributed by atoms with Gasteiger partial charge in [-0.1, -0.05) is 13.8 Å². The summed E-state index contributed by atoms with van der Waals surface area (Å²) in [5, 5.41) is 0. The zero-order valence-electron chi connectivity index (χ0n) is 10.2. The van der Waals surface area contributed by atoms with Crippen LogP contribution < -0.4 is 4.90 Å². The van der Waals surface area contributed by atoms with E-state index in [1.807, 2.05) is 13.8 Å². The molecule has 1 heterocycles. The van der Waals surface area contributed by atoms with E-state index >= 15 is 0 Å². The summed E-state index contributed by atoms with van der Waals surface area (Å²) in [6.07, 6.45) is -3.47. The number of rotatable bonds is 1. The van der Waals surface area contributed by atoms with Crippen LogP contribution in [0.3, 0.4) is 0 Å². The Kier molecular flexibility index (Phi) is 5.27. The Bertz CT molecular complexity index is 332. The van der Waals surface area contributed by atoms with Crippen molar-refractivity contribution in [1.29, 1.82) is 0 Å². The number of hydrogen-bond acceptors (Lipinski definition) is 2. The molecule has 0 bridgehead atoms. The maximum atomic E-state index is 12.2. The van der Waals surface area contributed by atoms with Gasteiger partial charge in [-0.05, 0) is 18.6 Å². The van der Waals surface area contributed by atoms with E-state index in [-0.39, 0.29) is 0 Å². The van der Waals surface area contributed by atoms with Crippen molar-refractivity contribution in [3.05, 3.63) is 23.4 Å². The van der Waals surface area contributed by atoms with Crippen LogP contribution >= 0.6 is 0 Å². The molecule has 0 aliphatic carbocycles. The van der Waals surface area contributed by atoms with Crippen molar-refractivity contribution in [1.82, 2.24) is 4.98 Å². The van der Waals surface area contributed by atoms with Gasteiger partial charge >= 0.3 is 6.18 Å². The molecule has 0 N–H and O–H groups in total. The lowest BCUT2D eigenvalue weighted by molar-refractivity contribution is -0.137. The molecule has 92 valence electrons. The Labute approximate surface area is 94.1 Å². The maximum Gasteiger partial charge on any atom is 0.417 e. The second kappa shape index (κ2) is 5.72. The SMILES string of the molecule is CC.Cc1cc(C(F)(F)F)cnc1N(C)C. The minimum atomic E-state index is -4.32. The number of halogens is 3. The summed E-state index contributed by atoms with van der Waals surface area (Å²) in [5.74, 6) is 0.554. The predicted molar refractivity (Wildman–Crippen MR) is 59.7 cm³/mol. The van der Waals surface area contributed by atoms with Crippen molar-refractivity contribution >= 4 is 5.82 Å². The number of alkyl halides is 3. The summed E-state index contributed by atoms with van der Waals surface area (Å²) < 4.78 is 36.7. The Hall–Kier alpha value is -1.26. The van der Waals surface area contributed by atoms with Crippen LogP contribution in [0.2, 0.25) is 0 Å². The van der Waals surface area contributed by atoms with Gasteiger partial charge in [-0.3, -0.25) is 0 Å². The van der Waals surface area contributed by atoms with E-state index < -0.39 is 11.7 Å². The summed E-state index contributed by atoms with van der Waals surface area (Å²) in [6, 6.07) is 1.10. The molecule has 1 rings (SSSR count). The highest BCUT2D eigenvalue weighted by Crippen LogP contribution is 2.30. The summed E-state index contributed by atoms with van der Waals surface area (Å²) >= 11 is 0. The monoisotopic (exact) mass is 234 g/mol. The lowest BCUT2D eigenvalue weighted by atomic mass is 10.2. The molecule has 0 saturated heterocycles. The molecule has 0 unspecified atom stereocenters. The molecule has 0 aliphatic rings. The lowest BCUT2D eigenvalue weighted by Crippen LogP contribution is -2.14. The molecule has 0 amide bonds. The van der Waals surface area contributed by atoms with Crippen LogP contribution in [-0.2, 0) is 6.18 Å². The molecule has 0 fully saturated rings. The molecule has 0 radical (unpaired) electrons. The van der Waals surface area contributed by atoms with Crippen molar-refractivity contribution in [2.75, 3.05) is 19.0 Å². The quantitative estimate of drug-likeness (QED) is 0.739. The van der Waals surface area contributed by atoms with Gasteiger partial charge in [0.2, 0.25) is 0 Å². The highest BCUT2D eigenvalue weighted by Gasteiger charge is 2.31. The molecule has 16 heavy (non-hydrogen) atoms. The van der Waals surface area contributed by atoms with Crippen molar-refractivity contribution in [3.63, 3.8) is 0 Å². The molecule has 2 nitrogen and oxygen atoms in total. The second-order valence-electron chi connectivity index (χ2n) is 3.26. The fourth-order valence-corrected chi connectivity index (χ4v) is 1.19. The van der Waals surface area contributed by atoms with Gasteiger partial charge < -0.3 is 4.90 Å². The Morgan fingerprint density at radius 2 is 1.69 bits per heavy atom. The maximum absolute atomic E-state index is 12.2. The minimum absolute atomic E-state index is 0.518. The fraction of sp³-hybridized carbons (Fsp3) is 0.545. The highest BCUT2D eigenvalue weighted by atomic mass is 19.4. The van der Waals surface area contributed by atoms with E-state index in [1.54, 1.807) is 25.9 Å². The average molecular weight is 234 g/mol. The number of anilines is 1. The molecule has 0 spiro atoms.